The van der Waals surface area contributed by atoms with E-state index >= 15 is 0 Å². The highest BCUT2D eigenvalue weighted by Gasteiger charge is 2.22. The zero-order chi connectivity index (χ0) is 12.3. The van der Waals surface area contributed by atoms with E-state index in [9.17, 15) is 4.79 Å². The first-order valence-corrected chi connectivity index (χ1v) is 6.08. The topological polar surface area (TPSA) is 63.1 Å². The zero-order valence-electron chi connectivity index (χ0n) is 10.3. The van der Waals surface area contributed by atoms with E-state index in [0.717, 1.165) is 25.9 Å². The summed E-state index contributed by atoms with van der Waals surface area (Å²) in [6.45, 7) is 6.49. The molecule has 0 saturated carbocycles. The third kappa shape index (κ3) is 3.03. The van der Waals surface area contributed by atoms with Crippen LogP contribution in [0.4, 0.5) is 4.79 Å². The molecule has 2 rings (SSSR count). The van der Waals surface area contributed by atoms with E-state index in [2.05, 4.69) is 34.4 Å². The highest BCUT2D eigenvalue weighted by molar-refractivity contribution is 5.75. The summed E-state index contributed by atoms with van der Waals surface area (Å²) in [5, 5.41) is 10.3. The fourth-order valence-electron chi connectivity index (χ4n) is 2.12. The largest absolute Gasteiger partial charge is 0.343 e. The van der Waals surface area contributed by atoms with Crippen molar-refractivity contribution in [1.29, 1.82) is 0 Å². The van der Waals surface area contributed by atoms with Crippen molar-refractivity contribution in [3.05, 3.63) is 12.4 Å². The Kier molecular flexibility index (Phi) is 3.73. The predicted octanol–water partition coefficient (Wildman–Crippen LogP) is 0.709. The first kappa shape index (κ1) is 12.0. The molecular formula is C11H19N5O. The van der Waals surface area contributed by atoms with Gasteiger partial charge < -0.3 is 10.2 Å². The average Bonchev–Trinajstić information content (AvgIpc) is 2.83. The number of nitrogens with zero attached hydrogens (tertiary/aromatic N) is 4. The predicted molar refractivity (Wildman–Crippen MR) is 63.7 cm³/mol. The van der Waals surface area contributed by atoms with E-state index in [1.54, 1.807) is 6.20 Å². The maximum absolute atomic E-state index is 11.7. The van der Waals surface area contributed by atoms with Gasteiger partial charge in [0.2, 0.25) is 0 Å². The molecule has 1 aromatic rings. The van der Waals surface area contributed by atoms with Gasteiger partial charge in [0, 0.05) is 25.2 Å². The normalized spacial score (nSPS) is 18.5. The molecule has 0 aliphatic carbocycles. The first-order valence-electron chi connectivity index (χ1n) is 6.08. The lowest BCUT2D eigenvalue weighted by atomic mass is 10.0. The average molecular weight is 237 g/mol. The van der Waals surface area contributed by atoms with Crippen LogP contribution in [0.15, 0.2) is 12.4 Å². The standard InChI is InChI=1S/C11H19N5O/c1-9(2)15-6-3-10(4-7-15)13-11(17)16-8-5-12-14-16/h5,8-10H,3-4,6-7H2,1-2H3,(H,13,17). The third-order valence-corrected chi connectivity index (χ3v) is 3.22. The number of rotatable bonds is 2. The molecule has 2 heterocycles. The van der Waals surface area contributed by atoms with Gasteiger partial charge >= 0.3 is 6.03 Å². The third-order valence-electron chi connectivity index (χ3n) is 3.22. The highest BCUT2D eigenvalue weighted by Crippen LogP contribution is 2.12. The van der Waals surface area contributed by atoms with Crippen LogP contribution in [0, 0.1) is 0 Å². The Morgan fingerprint density at radius 3 is 2.65 bits per heavy atom. The lowest BCUT2D eigenvalue weighted by Crippen LogP contribution is -2.47. The Bertz CT molecular complexity index is 354. The number of aromatic nitrogens is 3. The van der Waals surface area contributed by atoms with Crippen molar-refractivity contribution in [2.24, 2.45) is 0 Å². The molecule has 0 radical (unpaired) electrons. The minimum Gasteiger partial charge on any atom is -0.333 e. The van der Waals surface area contributed by atoms with Crippen LogP contribution in [0.5, 0.6) is 0 Å². The smallest absolute Gasteiger partial charge is 0.333 e. The monoisotopic (exact) mass is 237 g/mol. The van der Waals surface area contributed by atoms with E-state index in [1.165, 1.54) is 10.9 Å². The summed E-state index contributed by atoms with van der Waals surface area (Å²) in [5.74, 6) is 0. The van der Waals surface area contributed by atoms with Gasteiger partial charge in [-0.15, -0.1) is 5.10 Å². The summed E-state index contributed by atoms with van der Waals surface area (Å²) < 4.78 is 1.23. The molecule has 1 aromatic heterocycles. The molecule has 0 bridgehead atoms. The van der Waals surface area contributed by atoms with Gasteiger partial charge in [0.05, 0.1) is 12.4 Å². The summed E-state index contributed by atoms with van der Waals surface area (Å²) in [4.78, 5) is 14.2. The number of likely N-dealkylation sites (tertiary alicyclic amines) is 1. The van der Waals surface area contributed by atoms with Crippen molar-refractivity contribution in [2.75, 3.05) is 13.1 Å². The summed E-state index contributed by atoms with van der Waals surface area (Å²) in [6, 6.07) is 0.647. The number of hydrogen-bond donors (Lipinski definition) is 1. The van der Waals surface area contributed by atoms with Crippen LogP contribution < -0.4 is 5.32 Å². The first-order chi connectivity index (χ1) is 8.16. The molecule has 6 nitrogen and oxygen atoms in total. The minimum atomic E-state index is -0.189. The van der Waals surface area contributed by atoms with Gasteiger partial charge in [-0.2, -0.15) is 4.68 Å². The van der Waals surface area contributed by atoms with Gasteiger partial charge in [-0.25, -0.2) is 4.79 Å². The number of hydrogen-bond acceptors (Lipinski definition) is 4. The van der Waals surface area contributed by atoms with Crippen molar-refractivity contribution in [1.82, 2.24) is 25.2 Å². The van der Waals surface area contributed by atoms with Crippen molar-refractivity contribution in [2.45, 2.75) is 38.8 Å². The Morgan fingerprint density at radius 2 is 2.12 bits per heavy atom. The molecule has 1 fully saturated rings. The minimum absolute atomic E-state index is 0.189. The van der Waals surface area contributed by atoms with Crippen LogP contribution in [-0.2, 0) is 0 Å². The number of nitrogens with one attached hydrogen (secondary N) is 1. The number of carbonyl (C=O) groups excluding carboxylic acids is 1. The number of amides is 1. The SMILES string of the molecule is CC(C)N1CCC(NC(=O)n2ccnn2)CC1. The van der Waals surface area contributed by atoms with Crippen LogP contribution in [0.2, 0.25) is 0 Å². The highest BCUT2D eigenvalue weighted by atomic mass is 16.2. The van der Waals surface area contributed by atoms with Gasteiger partial charge in [0.25, 0.3) is 0 Å². The lowest BCUT2D eigenvalue weighted by Gasteiger charge is -2.34. The van der Waals surface area contributed by atoms with E-state index < -0.39 is 0 Å². The number of piperidine rings is 1. The molecule has 0 spiro atoms. The Labute approximate surface area is 101 Å². The Morgan fingerprint density at radius 1 is 1.41 bits per heavy atom. The second-order valence-corrected chi connectivity index (χ2v) is 4.70. The van der Waals surface area contributed by atoms with E-state index in [-0.39, 0.29) is 12.1 Å². The summed E-state index contributed by atoms with van der Waals surface area (Å²) in [7, 11) is 0. The lowest BCUT2D eigenvalue weighted by molar-refractivity contribution is 0.161. The molecule has 1 saturated heterocycles. The van der Waals surface area contributed by atoms with E-state index in [1.807, 2.05) is 0 Å². The fourth-order valence-corrected chi connectivity index (χ4v) is 2.12. The molecule has 0 unspecified atom stereocenters. The quantitative estimate of drug-likeness (QED) is 0.822. The van der Waals surface area contributed by atoms with E-state index in [0.29, 0.717) is 6.04 Å². The summed E-state index contributed by atoms with van der Waals surface area (Å²) >= 11 is 0. The van der Waals surface area contributed by atoms with Gasteiger partial charge in [-0.1, -0.05) is 5.21 Å². The molecule has 1 aliphatic rings. The molecule has 1 N–H and O–H groups in total. The molecule has 94 valence electrons. The molecule has 1 aliphatic heterocycles. The van der Waals surface area contributed by atoms with Crippen LogP contribution in [0.3, 0.4) is 0 Å². The van der Waals surface area contributed by atoms with Crippen LogP contribution >= 0.6 is 0 Å². The fraction of sp³-hybridized carbons (Fsp3) is 0.727. The Balaban J connectivity index is 1.80. The van der Waals surface area contributed by atoms with Crippen LogP contribution in [0.25, 0.3) is 0 Å². The maximum Gasteiger partial charge on any atom is 0.343 e. The molecular weight excluding hydrogens is 218 g/mol. The molecule has 0 atom stereocenters. The number of carbonyl (C=O) groups is 1. The van der Waals surface area contributed by atoms with Crippen LogP contribution in [0.1, 0.15) is 26.7 Å². The maximum atomic E-state index is 11.7. The van der Waals surface area contributed by atoms with Crippen molar-refractivity contribution >= 4 is 6.03 Å². The Hall–Kier alpha value is -1.43. The van der Waals surface area contributed by atoms with Gasteiger partial charge in [0.15, 0.2) is 0 Å². The summed E-state index contributed by atoms with van der Waals surface area (Å²) in [5.41, 5.74) is 0. The van der Waals surface area contributed by atoms with Gasteiger partial charge in [-0.05, 0) is 26.7 Å². The van der Waals surface area contributed by atoms with Crippen molar-refractivity contribution in [3.63, 3.8) is 0 Å². The second-order valence-electron chi connectivity index (χ2n) is 4.70. The molecule has 17 heavy (non-hydrogen) atoms. The van der Waals surface area contributed by atoms with Crippen molar-refractivity contribution < 1.29 is 4.79 Å². The van der Waals surface area contributed by atoms with Crippen molar-refractivity contribution in [3.8, 4) is 0 Å². The second kappa shape index (κ2) is 5.27. The zero-order valence-corrected chi connectivity index (χ0v) is 10.3. The molecule has 6 heteroatoms. The summed E-state index contributed by atoms with van der Waals surface area (Å²) in [6.07, 6.45) is 5.05. The van der Waals surface area contributed by atoms with Gasteiger partial charge in [0.1, 0.15) is 0 Å². The molecule has 0 aromatic carbocycles. The molecule has 1 amide bonds. The van der Waals surface area contributed by atoms with E-state index in [4.69, 9.17) is 0 Å². The van der Waals surface area contributed by atoms with Gasteiger partial charge in [-0.3, -0.25) is 0 Å². The van der Waals surface area contributed by atoms with Crippen LogP contribution in [-0.4, -0.2) is 51.1 Å².